The van der Waals surface area contributed by atoms with E-state index >= 15 is 0 Å². The fourth-order valence-electron chi connectivity index (χ4n) is 1.58. The summed E-state index contributed by atoms with van der Waals surface area (Å²) >= 11 is 0. The van der Waals surface area contributed by atoms with E-state index in [1.54, 1.807) is 19.3 Å². The van der Waals surface area contributed by atoms with Crippen molar-refractivity contribution in [1.82, 2.24) is 15.0 Å². The number of rotatable bonds is 4. The molecule has 0 saturated carbocycles. The highest BCUT2D eigenvalue weighted by Crippen LogP contribution is 2.29. The van der Waals surface area contributed by atoms with Crippen LogP contribution in [0.25, 0.3) is 11.3 Å². The number of ether oxygens (including phenoxy) is 1. The minimum atomic E-state index is -1.01. The van der Waals surface area contributed by atoms with Crippen LogP contribution in [0.5, 0.6) is 5.75 Å². The highest BCUT2D eigenvalue weighted by molar-refractivity contribution is 5.71. The first-order chi connectivity index (χ1) is 8.56. The normalized spacial score (nSPS) is 10.3. The van der Waals surface area contributed by atoms with Gasteiger partial charge < -0.3 is 9.84 Å². The standard InChI is InChI=1S/C12H13N3O3/c1-8-3-4-11(18-7-12(16)17)9(5-8)10-6-13-15(2)14-10/h3-6H,7H2,1-2H3,(H,16,17). The Morgan fingerprint density at radius 2 is 2.28 bits per heavy atom. The van der Waals surface area contributed by atoms with E-state index in [4.69, 9.17) is 9.84 Å². The molecule has 0 aliphatic rings. The van der Waals surface area contributed by atoms with Gasteiger partial charge in [-0.25, -0.2) is 4.79 Å². The summed E-state index contributed by atoms with van der Waals surface area (Å²) in [6.07, 6.45) is 1.61. The molecule has 0 aliphatic heterocycles. The molecule has 0 unspecified atom stereocenters. The lowest BCUT2D eigenvalue weighted by Gasteiger charge is -2.08. The third-order valence-corrected chi connectivity index (χ3v) is 2.36. The zero-order valence-corrected chi connectivity index (χ0v) is 10.1. The highest BCUT2D eigenvalue weighted by Gasteiger charge is 2.11. The first-order valence-corrected chi connectivity index (χ1v) is 5.38. The molecule has 1 aromatic heterocycles. The molecule has 0 aliphatic carbocycles. The van der Waals surface area contributed by atoms with Gasteiger partial charge in [0.05, 0.1) is 6.20 Å². The Morgan fingerprint density at radius 1 is 1.50 bits per heavy atom. The number of carboxylic acids is 1. The number of aryl methyl sites for hydroxylation is 2. The number of hydrogen-bond donors (Lipinski definition) is 1. The van der Waals surface area contributed by atoms with Crippen LogP contribution in [0.2, 0.25) is 0 Å². The van der Waals surface area contributed by atoms with Gasteiger partial charge in [-0.15, -0.1) is 0 Å². The van der Waals surface area contributed by atoms with Gasteiger partial charge in [-0.2, -0.15) is 15.0 Å². The monoisotopic (exact) mass is 247 g/mol. The molecule has 1 aromatic carbocycles. The van der Waals surface area contributed by atoms with Crippen molar-refractivity contribution in [2.45, 2.75) is 6.92 Å². The molecular formula is C12H13N3O3. The molecule has 0 amide bonds. The third-order valence-electron chi connectivity index (χ3n) is 2.36. The quantitative estimate of drug-likeness (QED) is 0.879. The molecule has 0 atom stereocenters. The third kappa shape index (κ3) is 2.65. The molecule has 0 radical (unpaired) electrons. The molecule has 18 heavy (non-hydrogen) atoms. The maximum atomic E-state index is 10.5. The van der Waals surface area contributed by atoms with Gasteiger partial charge in [0.1, 0.15) is 11.4 Å². The molecule has 0 bridgehead atoms. The molecule has 6 nitrogen and oxygen atoms in total. The van der Waals surface area contributed by atoms with Gasteiger partial charge in [0.2, 0.25) is 0 Å². The second-order valence-electron chi connectivity index (χ2n) is 3.90. The van der Waals surface area contributed by atoms with Crippen molar-refractivity contribution in [1.29, 1.82) is 0 Å². The van der Waals surface area contributed by atoms with Gasteiger partial charge >= 0.3 is 5.97 Å². The second kappa shape index (κ2) is 4.87. The number of benzene rings is 1. The van der Waals surface area contributed by atoms with E-state index in [1.165, 1.54) is 4.80 Å². The summed E-state index contributed by atoms with van der Waals surface area (Å²) in [5.74, 6) is -0.524. The lowest BCUT2D eigenvalue weighted by molar-refractivity contribution is -0.139. The van der Waals surface area contributed by atoms with Crippen molar-refractivity contribution >= 4 is 5.97 Å². The Balaban J connectivity index is 2.37. The smallest absolute Gasteiger partial charge is 0.341 e. The van der Waals surface area contributed by atoms with Crippen molar-refractivity contribution in [2.24, 2.45) is 7.05 Å². The molecule has 0 saturated heterocycles. The average Bonchev–Trinajstić information content (AvgIpc) is 2.74. The molecule has 2 rings (SSSR count). The molecule has 2 aromatic rings. The fourth-order valence-corrected chi connectivity index (χ4v) is 1.58. The van der Waals surface area contributed by atoms with Crippen LogP contribution >= 0.6 is 0 Å². The Labute approximate surface area is 104 Å². The Morgan fingerprint density at radius 3 is 2.89 bits per heavy atom. The minimum absolute atomic E-state index is 0.379. The zero-order valence-electron chi connectivity index (χ0n) is 10.1. The van der Waals surface area contributed by atoms with Gasteiger partial charge in [0, 0.05) is 12.6 Å². The Hall–Kier alpha value is -2.37. The fraction of sp³-hybridized carbons (Fsp3) is 0.250. The summed E-state index contributed by atoms with van der Waals surface area (Å²) in [6, 6.07) is 5.49. The van der Waals surface area contributed by atoms with Gasteiger partial charge in [-0.3, -0.25) is 0 Å². The summed E-state index contributed by atoms with van der Waals surface area (Å²) < 4.78 is 5.24. The molecule has 94 valence electrons. The van der Waals surface area contributed by atoms with E-state index in [1.807, 2.05) is 19.1 Å². The summed E-state index contributed by atoms with van der Waals surface area (Å²) in [5, 5.41) is 16.8. The lowest BCUT2D eigenvalue weighted by atomic mass is 10.1. The first-order valence-electron chi connectivity index (χ1n) is 5.38. The summed E-state index contributed by atoms with van der Waals surface area (Å²) in [4.78, 5) is 12.0. The van der Waals surface area contributed by atoms with E-state index in [-0.39, 0.29) is 6.61 Å². The SMILES string of the molecule is Cc1ccc(OCC(=O)O)c(-c2cnn(C)n2)c1. The Kier molecular flexibility index (Phi) is 3.27. The maximum absolute atomic E-state index is 10.5. The lowest BCUT2D eigenvalue weighted by Crippen LogP contribution is -2.10. The minimum Gasteiger partial charge on any atom is -0.481 e. The van der Waals surface area contributed by atoms with Crippen LogP contribution in [-0.4, -0.2) is 32.7 Å². The zero-order chi connectivity index (χ0) is 13.1. The molecule has 0 fully saturated rings. The number of nitrogens with zero attached hydrogens (tertiary/aromatic N) is 3. The van der Waals surface area contributed by atoms with Crippen LogP contribution in [0.4, 0.5) is 0 Å². The summed E-state index contributed by atoms with van der Waals surface area (Å²) in [5.41, 5.74) is 2.43. The molecular weight excluding hydrogens is 234 g/mol. The topological polar surface area (TPSA) is 77.2 Å². The van der Waals surface area contributed by atoms with E-state index in [0.29, 0.717) is 11.4 Å². The number of hydrogen-bond acceptors (Lipinski definition) is 4. The maximum Gasteiger partial charge on any atom is 0.341 e. The van der Waals surface area contributed by atoms with E-state index in [0.717, 1.165) is 11.1 Å². The van der Waals surface area contributed by atoms with Crippen molar-refractivity contribution < 1.29 is 14.6 Å². The van der Waals surface area contributed by atoms with Crippen LogP contribution in [0.3, 0.4) is 0 Å². The van der Waals surface area contributed by atoms with Gasteiger partial charge in [-0.05, 0) is 19.1 Å². The van der Waals surface area contributed by atoms with Crippen molar-refractivity contribution in [2.75, 3.05) is 6.61 Å². The van der Waals surface area contributed by atoms with E-state index in [9.17, 15) is 4.79 Å². The van der Waals surface area contributed by atoms with Crippen LogP contribution in [0, 0.1) is 6.92 Å². The number of aromatic nitrogens is 3. The average molecular weight is 247 g/mol. The predicted molar refractivity (Wildman–Crippen MR) is 64.3 cm³/mol. The summed E-state index contributed by atoms with van der Waals surface area (Å²) in [6.45, 7) is 1.57. The van der Waals surface area contributed by atoms with Gasteiger partial charge in [0.15, 0.2) is 6.61 Å². The van der Waals surface area contributed by atoms with Crippen LogP contribution in [0.15, 0.2) is 24.4 Å². The largest absolute Gasteiger partial charge is 0.481 e. The molecule has 0 spiro atoms. The van der Waals surface area contributed by atoms with Gasteiger partial charge in [-0.1, -0.05) is 11.6 Å². The van der Waals surface area contributed by atoms with E-state index in [2.05, 4.69) is 10.2 Å². The van der Waals surface area contributed by atoms with Crippen molar-refractivity contribution in [3.8, 4) is 17.0 Å². The predicted octanol–water partition coefficient (Wildman–Crippen LogP) is 1.25. The molecule has 6 heteroatoms. The van der Waals surface area contributed by atoms with Crippen LogP contribution < -0.4 is 4.74 Å². The van der Waals surface area contributed by atoms with Crippen molar-refractivity contribution in [3.63, 3.8) is 0 Å². The van der Waals surface area contributed by atoms with E-state index < -0.39 is 5.97 Å². The number of carboxylic acid groups (broad SMARTS) is 1. The van der Waals surface area contributed by atoms with Crippen molar-refractivity contribution in [3.05, 3.63) is 30.0 Å². The summed E-state index contributed by atoms with van der Waals surface area (Å²) in [7, 11) is 1.72. The van der Waals surface area contributed by atoms with Crippen LogP contribution in [-0.2, 0) is 11.8 Å². The Bertz CT molecular complexity index is 578. The molecule has 1 heterocycles. The second-order valence-corrected chi connectivity index (χ2v) is 3.90. The molecule has 1 N–H and O–H groups in total. The highest BCUT2D eigenvalue weighted by atomic mass is 16.5. The van der Waals surface area contributed by atoms with Crippen LogP contribution in [0.1, 0.15) is 5.56 Å². The first kappa shape index (κ1) is 12.1. The number of aliphatic carboxylic acids is 1. The van der Waals surface area contributed by atoms with Gasteiger partial charge in [0.25, 0.3) is 0 Å². The number of carbonyl (C=O) groups is 1.